The second-order valence-corrected chi connectivity index (χ2v) is 7.03. The van der Waals surface area contributed by atoms with Gasteiger partial charge >= 0.3 is 0 Å². The normalized spacial score (nSPS) is 14.6. The molecule has 2 aromatic rings. The van der Waals surface area contributed by atoms with Gasteiger partial charge in [-0.25, -0.2) is 4.39 Å². The Morgan fingerprint density at radius 1 is 1.07 bits per heavy atom. The van der Waals surface area contributed by atoms with Crippen molar-refractivity contribution in [3.05, 3.63) is 65.5 Å². The first-order valence-electron chi connectivity index (χ1n) is 9.75. The number of benzene rings is 2. The van der Waals surface area contributed by atoms with Crippen LogP contribution in [-0.4, -0.2) is 50.1 Å². The summed E-state index contributed by atoms with van der Waals surface area (Å²) in [7, 11) is 3.06. The molecule has 0 atom stereocenters. The van der Waals surface area contributed by atoms with E-state index in [4.69, 9.17) is 9.47 Å². The summed E-state index contributed by atoms with van der Waals surface area (Å²) >= 11 is 0. The number of hydrogen-bond donors (Lipinski definition) is 1. The van der Waals surface area contributed by atoms with Crippen molar-refractivity contribution in [3.8, 4) is 11.5 Å². The van der Waals surface area contributed by atoms with E-state index in [1.807, 2.05) is 0 Å². The van der Waals surface area contributed by atoms with Crippen LogP contribution in [0.5, 0.6) is 11.5 Å². The molecular formula is C23H25FN2O4. The largest absolute Gasteiger partial charge is 0.493 e. The summed E-state index contributed by atoms with van der Waals surface area (Å²) in [5.74, 6) is 0.411. The van der Waals surface area contributed by atoms with Crippen LogP contribution in [0, 0.1) is 5.82 Å². The quantitative estimate of drug-likeness (QED) is 0.740. The van der Waals surface area contributed by atoms with E-state index in [0.717, 1.165) is 0 Å². The molecule has 2 amide bonds. The summed E-state index contributed by atoms with van der Waals surface area (Å²) in [4.78, 5) is 26.7. The minimum atomic E-state index is -0.337. The molecule has 0 radical (unpaired) electrons. The number of methoxy groups -OCH3 is 2. The van der Waals surface area contributed by atoms with Crippen LogP contribution in [0.3, 0.4) is 0 Å². The summed E-state index contributed by atoms with van der Waals surface area (Å²) < 4.78 is 23.7. The zero-order chi connectivity index (χ0) is 21.5. The van der Waals surface area contributed by atoms with Crippen LogP contribution in [0.4, 0.5) is 4.39 Å². The molecule has 1 aliphatic rings. The predicted molar refractivity (Wildman–Crippen MR) is 112 cm³/mol. The highest BCUT2D eigenvalue weighted by atomic mass is 19.1. The highest BCUT2D eigenvalue weighted by Crippen LogP contribution is 2.27. The first-order valence-corrected chi connectivity index (χ1v) is 9.75. The van der Waals surface area contributed by atoms with Gasteiger partial charge < -0.3 is 19.7 Å². The molecular weight excluding hydrogens is 387 g/mol. The lowest BCUT2D eigenvalue weighted by atomic mass is 10.0. The Labute approximate surface area is 175 Å². The Morgan fingerprint density at radius 2 is 1.80 bits per heavy atom. The summed E-state index contributed by atoms with van der Waals surface area (Å²) in [6.07, 6.45) is 4.39. The molecule has 2 aromatic carbocycles. The molecule has 1 heterocycles. The summed E-state index contributed by atoms with van der Waals surface area (Å²) in [6, 6.07) is 11.1. The van der Waals surface area contributed by atoms with E-state index in [9.17, 15) is 14.0 Å². The molecule has 1 fully saturated rings. The lowest BCUT2D eigenvalue weighted by Crippen LogP contribution is -2.46. The first kappa shape index (κ1) is 21.4. The van der Waals surface area contributed by atoms with Gasteiger partial charge in [-0.1, -0.05) is 12.1 Å². The van der Waals surface area contributed by atoms with Crippen molar-refractivity contribution < 1.29 is 23.5 Å². The zero-order valence-corrected chi connectivity index (χ0v) is 17.1. The van der Waals surface area contributed by atoms with Gasteiger partial charge in [0.15, 0.2) is 11.5 Å². The van der Waals surface area contributed by atoms with E-state index in [0.29, 0.717) is 48.6 Å². The van der Waals surface area contributed by atoms with Gasteiger partial charge in [0.25, 0.3) is 5.91 Å². The van der Waals surface area contributed by atoms with Crippen LogP contribution in [0.2, 0.25) is 0 Å². The van der Waals surface area contributed by atoms with Gasteiger partial charge in [-0.2, -0.15) is 0 Å². The Bertz CT molecular complexity index is 937. The number of rotatable bonds is 6. The number of carbonyl (C=O) groups excluding carboxylic acids is 2. The minimum absolute atomic E-state index is 0.0122. The molecule has 1 aliphatic heterocycles. The van der Waals surface area contributed by atoms with E-state index < -0.39 is 0 Å². The monoisotopic (exact) mass is 412 g/mol. The van der Waals surface area contributed by atoms with Crippen molar-refractivity contribution in [2.24, 2.45) is 0 Å². The number of nitrogens with zero attached hydrogens (tertiary/aromatic N) is 1. The standard InChI is InChI=1S/C23H25FN2O4/c1-29-20-8-7-17(15-21(20)30-2)23(28)25-19-10-12-26(13-11-19)22(27)9-6-16-4-3-5-18(24)14-16/h3-9,14-15,19H,10-13H2,1-2H3,(H,25,28)/b9-6+. The molecule has 0 spiro atoms. The third-order valence-electron chi connectivity index (χ3n) is 5.05. The fourth-order valence-corrected chi connectivity index (χ4v) is 3.37. The van der Waals surface area contributed by atoms with Crippen molar-refractivity contribution in [3.63, 3.8) is 0 Å². The van der Waals surface area contributed by atoms with Crippen LogP contribution in [-0.2, 0) is 4.79 Å². The number of piperidine rings is 1. The molecule has 1 N–H and O–H groups in total. The average Bonchev–Trinajstić information content (AvgIpc) is 2.77. The SMILES string of the molecule is COc1ccc(C(=O)NC2CCN(C(=O)/C=C/c3cccc(F)c3)CC2)cc1OC. The van der Waals surface area contributed by atoms with Gasteiger partial charge in [-0.3, -0.25) is 9.59 Å². The molecule has 1 saturated heterocycles. The Balaban J connectivity index is 1.51. The average molecular weight is 412 g/mol. The molecule has 7 heteroatoms. The smallest absolute Gasteiger partial charge is 0.251 e. The maximum atomic E-state index is 13.2. The summed E-state index contributed by atoms with van der Waals surface area (Å²) in [6.45, 7) is 1.09. The molecule has 30 heavy (non-hydrogen) atoms. The highest BCUT2D eigenvalue weighted by molar-refractivity contribution is 5.95. The van der Waals surface area contributed by atoms with Crippen molar-refractivity contribution in [1.29, 1.82) is 0 Å². The number of halogens is 1. The maximum Gasteiger partial charge on any atom is 0.251 e. The van der Waals surface area contributed by atoms with Crippen molar-refractivity contribution in [1.82, 2.24) is 10.2 Å². The van der Waals surface area contributed by atoms with Gasteiger partial charge in [0.05, 0.1) is 14.2 Å². The summed E-state index contributed by atoms with van der Waals surface area (Å²) in [5.41, 5.74) is 1.13. The third kappa shape index (κ3) is 5.37. The van der Waals surface area contributed by atoms with Gasteiger partial charge in [0.1, 0.15) is 5.82 Å². The molecule has 158 valence electrons. The van der Waals surface area contributed by atoms with E-state index in [1.54, 1.807) is 48.4 Å². The molecule has 0 unspecified atom stereocenters. The second kappa shape index (κ2) is 9.91. The first-order chi connectivity index (χ1) is 14.5. The second-order valence-electron chi connectivity index (χ2n) is 7.03. The predicted octanol–water partition coefficient (Wildman–Crippen LogP) is 3.28. The number of ether oxygens (including phenoxy) is 2. The van der Waals surface area contributed by atoms with Crippen LogP contribution in [0.1, 0.15) is 28.8 Å². The van der Waals surface area contributed by atoms with Crippen LogP contribution >= 0.6 is 0 Å². The Hall–Kier alpha value is -3.35. The van der Waals surface area contributed by atoms with E-state index in [-0.39, 0.29) is 23.7 Å². The Morgan fingerprint density at radius 3 is 2.47 bits per heavy atom. The molecule has 3 rings (SSSR count). The van der Waals surface area contributed by atoms with Crippen LogP contribution in [0.15, 0.2) is 48.5 Å². The summed E-state index contributed by atoms with van der Waals surface area (Å²) in [5, 5.41) is 3.01. The van der Waals surface area contributed by atoms with Gasteiger partial charge in [-0.15, -0.1) is 0 Å². The van der Waals surface area contributed by atoms with E-state index in [1.165, 1.54) is 25.3 Å². The van der Waals surface area contributed by atoms with Crippen molar-refractivity contribution in [2.75, 3.05) is 27.3 Å². The molecule has 0 aromatic heterocycles. The Kier molecular flexibility index (Phi) is 7.06. The fraction of sp³-hybridized carbons (Fsp3) is 0.304. The minimum Gasteiger partial charge on any atom is -0.493 e. The molecule has 6 nitrogen and oxygen atoms in total. The molecule has 0 bridgehead atoms. The lowest BCUT2D eigenvalue weighted by Gasteiger charge is -2.31. The zero-order valence-electron chi connectivity index (χ0n) is 17.1. The fourth-order valence-electron chi connectivity index (χ4n) is 3.37. The topological polar surface area (TPSA) is 67.9 Å². The van der Waals surface area contributed by atoms with E-state index in [2.05, 4.69) is 5.32 Å². The van der Waals surface area contributed by atoms with Gasteiger partial charge in [-0.05, 0) is 54.8 Å². The number of hydrogen-bond acceptors (Lipinski definition) is 4. The lowest BCUT2D eigenvalue weighted by molar-refractivity contribution is -0.126. The van der Waals surface area contributed by atoms with Gasteiger partial charge in [0, 0.05) is 30.8 Å². The number of nitrogens with one attached hydrogen (secondary N) is 1. The maximum absolute atomic E-state index is 13.2. The van der Waals surface area contributed by atoms with Crippen molar-refractivity contribution >= 4 is 17.9 Å². The molecule has 0 saturated carbocycles. The van der Waals surface area contributed by atoms with Crippen molar-refractivity contribution in [2.45, 2.75) is 18.9 Å². The highest BCUT2D eigenvalue weighted by Gasteiger charge is 2.23. The van der Waals surface area contributed by atoms with Crippen LogP contribution in [0.25, 0.3) is 6.08 Å². The van der Waals surface area contributed by atoms with E-state index >= 15 is 0 Å². The number of carbonyl (C=O) groups is 2. The number of likely N-dealkylation sites (tertiary alicyclic amines) is 1. The third-order valence-corrected chi connectivity index (χ3v) is 5.05. The van der Waals surface area contributed by atoms with Crippen LogP contribution < -0.4 is 14.8 Å². The number of amides is 2. The van der Waals surface area contributed by atoms with Gasteiger partial charge in [0.2, 0.25) is 5.91 Å². The molecule has 0 aliphatic carbocycles.